The number of hydrogen-bond donors (Lipinski definition) is 2. The van der Waals surface area contributed by atoms with E-state index in [0.29, 0.717) is 0 Å². The highest BCUT2D eigenvalue weighted by Gasteiger charge is 2.37. The molecule has 3 aromatic carbocycles. The number of rotatable bonds is 8. The summed E-state index contributed by atoms with van der Waals surface area (Å²) in [6, 6.07) is 31.3. The average molecular weight is 361 g/mol. The Morgan fingerprint density at radius 2 is 1.11 bits per heavy atom. The van der Waals surface area contributed by atoms with E-state index in [1.54, 1.807) is 0 Å². The average Bonchev–Trinajstić information content (AvgIpc) is 2.73. The summed E-state index contributed by atoms with van der Waals surface area (Å²) in [5.74, 6) is 0. The number of nitrogens with zero attached hydrogens (tertiary/aromatic N) is 1. The van der Waals surface area contributed by atoms with Gasteiger partial charge in [-0.1, -0.05) is 91.0 Å². The standard InChI is InChI=1S/C24H28N2O/c1-26(2)18-23(19-27)25-24(20-12-6-3-7-13-20,21-14-8-4-9-15-21)22-16-10-5-11-17-22/h3-17,23,25,27H,18-19H2,1-2H3/t23-/m0/s1. The quantitative estimate of drug-likeness (QED) is 0.604. The topological polar surface area (TPSA) is 35.5 Å². The van der Waals surface area contributed by atoms with Crippen LogP contribution in [0.1, 0.15) is 16.7 Å². The summed E-state index contributed by atoms with van der Waals surface area (Å²) in [5.41, 5.74) is 2.91. The smallest absolute Gasteiger partial charge is 0.0951 e. The molecule has 3 heteroatoms. The Kier molecular flexibility index (Phi) is 6.40. The molecule has 140 valence electrons. The number of hydrogen-bond acceptors (Lipinski definition) is 3. The lowest BCUT2D eigenvalue weighted by Gasteiger charge is -2.40. The van der Waals surface area contributed by atoms with Gasteiger partial charge in [-0.3, -0.25) is 5.32 Å². The predicted molar refractivity (Wildman–Crippen MR) is 112 cm³/mol. The van der Waals surface area contributed by atoms with Gasteiger partial charge in [-0.05, 0) is 30.8 Å². The van der Waals surface area contributed by atoms with Gasteiger partial charge >= 0.3 is 0 Å². The maximum atomic E-state index is 10.1. The number of likely N-dealkylation sites (N-methyl/N-ethyl adjacent to an activating group) is 1. The van der Waals surface area contributed by atoms with Crippen molar-refractivity contribution in [2.45, 2.75) is 11.6 Å². The van der Waals surface area contributed by atoms with Crippen LogP contribution in [0.5, 0.6) is 0 Å². The highest BCUT2D eigenvalue weighted by Crippen LogP contribution is 2.37. The van der Waals surface area contributed by atoms with Crippen molar-refractivity contribution >= 4 is 0 Å². The minimum absolute atomic E-state index is 0.0619. The first-order valence-corrected chi connectivity index (χ1v) is 9.36. The zero-order valence-electron chi connectivity index (χ0n) is 16.0. The normalized spacial score (nSPS) is 12.9. The molecule has 0 fully saturated rings. The lowest BCUT2D eigenvalue weighted by molar-refractivity contribution is 0.192. The van der Waals surface area contributed by atoms with Crippen molar-refractivity contribution in [1.29, 1.82) is 0 Å². The Morgan fingerprint density at radius 3 is 1.41 bits per heavy atom. The first-order valence-electron chi connectivity index (χ1n) is 9.36. The Labute approximate surface area is 162 Å². The van der Waals surface area contributed by atoms with Crippen LogP contribution in [0.3, 0.4) is 0 Å². The molecule has 1 atom stereocenters. The summed E-state index contributed by atoms with van der Waals surface area (Å²) >= 11 is 0. The van der Waals surface area contributed by atoms with E-state index in [1.165, 1.54) is 0 Å². The molecule has 0 amide bonds. The zero-order chi connectivity index (χ0) is 19.1. The molecule has 27 heavy (non-hydrogen) atoms. The molecule has 0 heterocycles. The van der Waals surface area contributed by atoms with Crippen molar-refractivity contribution in [1.82, 2.24) is 10.2 Å². The molecule has 0 aliphatic heterocycles. The highest BCUT2D eigenvalue weighted by atomic mass is 16.3. The van der Waals surface area contributed by atoms with Crippen molar-refractivity contribution in [3.8, 4) is 0 Å². The molecule has 3 nitrogen and oxygen atoms in total. The van der Waals surface area contributed by atoms with Crippen LogP contribution in [0.2, 0.25) is 0 Å². The maximum Gasteiger partial charge on any atom is 0.0951 e. The van der Waals surface area contributed by atoms with Gasteiger partial charge in [0.2, 0.25) is 0 Å². The molecule has 0 aliphatic carbocycles. The molecule has 0 unspecified atom stereocenters. The van der Waals surface area contributed by atoms with Gasteiger partial charge in [-0.25, -0.2) is 0 Å². The summed E-state index contributed by atoms with van der Waals surface area (Å²) in [7, 11) is 4.05. The van der Waals surface area contributed by atoms with E-state index in [9.17, 15) is 5.11 Å². The van der Waals surface area contributed by atoms with Gasteiger partial charge in [0.05, 0.1) is 12.1 Å². The van der Waals surface area contributed by atoms with Gasteiger partial charge in [-0.15, -0.1) is 0 Å². The van der Waals surface area contributed by atoms with E-state index in [-0.39, 0.29) is 12.6 Å². The molecule has 0 spiro atoms. The Balaban J connectivity index is 2.22. The van der Waals surface area contributed by atoms with E-state index >= 15 is 0 Å². The first-order chi connectivity index (χ1) is 13.2. The van der Waals surface area contributed by atoms with Gasteiger partial charge in [0.15, 0.2) is 0 Å². The van der Waals surface area contributed by atoms with E-state index in [0.717, 1.165) is 23.2 Å². The molecule has 3 aromatic rings. The van der Waals surface area contributed by atoms with Gasteiger partial charge in [0.25, 0.3) is 0 Å². The van der Waals surface area contributed by atoms with Crippen molar-refractivity contribution in [3.05, 3.63) is 108 Å². The highest BCUT2D eigenvalue weighted by molar-refractivity contribution is 5.49. The van der Waals surface area contributed by atoms with E-state index in [4.69, 9.17) is 0 Å². The molecule has 0 bridgehead atoms. The van der Waals surface area contributed by atoms with Gasteiger partial charge < -0.3 is 10.0 Å². The summed E-state index contributed by atoms with van der Waals surface area (Å²) in [5, 5.41) is 13.9. The molecule has 0 aliphatic rings. The van der Waals surface area contributed by atoms with Crippen molar-refractivity contribution < 1.29 is 5.11 Å². The van der Waals surface area contributed by atoms with Crippen LogP contribution < -0.4 is 5.32 Å². The molecular weight excluding hydrogens is 332 g/mol. The molecule has 0 radical (unpaired) electrons. The van der Waals surface area contributed by atoms with E-state index in [1.807, 2.05) is 32.3 Å². The van der Waals surface area contributed by atoms with Crippen LogP contribution in [0.25, 0.3) is 0 Å². The lowest BCUT2D eigenvalue weighted by Crippen LogP contribution is -2.54. The van der Waals surface area contributed by atoms with Gasteiger partial charge in [0, 0.05) is 12.6 Å². The number of aliphatic hydroxyl groups excluding tert-OH is 1. The number of aliphatic hydroxyl groups is 1. The van der Waals surface area contributed by atoms with Crippen molar-refractivity contribution in [2.24, 2.45) is 0 Å². The fourth-order valence-corrected chi connectivity index (χ4v) is 3.71. The second-order valence-electron chi connectivity index (χ2n) is 7.13. The van der Waals surface area contributed by atoms with E-state index in [2.05, 4.69) is 83.0 Å². The van der Waals surface area contributed by atoms with Gasteiger partial charge in [0.1, 0.15) is 0 Å². The third-order valence-electron chi connectivity index (χ3n) is 4.85. The molecule has 0 saturated heterocycles. The van der Waals surface area contributed by atoms with Crippen LogP contribution in [-0.2, 0) is 5.54 Å². The molecule has 0 saturated carbocycles. The van der Waals surface area contributed by atoms with Crippen LogP contribution in [0.4, 0.5) is 0 Å². The number of benzene rings is 3. The minimum atomic E-state index is -0.548. The van der Waals surface area contributed by atoms with Crippen LogP contribution in [0, 0.1) is 0 Å². The summed E-state index contributed by atoms with van der Waals surface area (Å²) in [6.07, 6.45) is 0. The fraction of sp³-hybridized carbons (Fsp3) is 0.250. The third kappa shape index (κ3) is 4.28. The fourth-order valence-electron chi connectivity index (χ4n) is 3.71. The summed E-state index contributed by atoms with van der Waals surface area (Å²) in [6.45, 7) is 0.803. The predicted octanol–water partition coefficient (Wildman–Crippen LogP) is 3.49. The van der Waals surface area contributed by atoms with Gasteiger partial charge in [-0.2, -0.15) is 0 Å². The first kappa shape index (κ1) is 19.3. The number of nitrogens with one attached hydrogen (secondary N) is 1. The minimum Gasteiger partial charge on any atom is -0.395 e. The molecule has 2 N–H and O–H groups in total. The third-order valence-corrected chi connectivity index (χ3v) is 4.85. The summed E-state index contributed by atoms with van der Waals surface area (Å²) in [4.78, 5) is 2.10. The van der Waals surface area contributed by atoms with Crippen LogP contribution in [0.15, 0.2) is 91.0 Å². The van der Waals surface area contributed by atoms with Crippen molar-refractivity contribution in [2.75, 3.05) is 27.2 Å². The second-order valence-corrected chi connectivity index (χ2v) is 7.13. The molecule has 3 rings (SSSR count). The van der Waals surface area contributed by atoms with Crippen LogP contribution >= 0.6 is 0 Å². The second kappa shape index (κ2) is 8.96. The Morgan fingerprint density at radius 1 is 0.741 bits per heavy atom. The van der Waals surface area contributed by atoms with Crippen LogP contribution in [-0.4, -0.2) is 43.3 Å². The summed E-state index contributed by atoms with van der Waals surface area (Å²) < 4.78 is 0. The Bertz CT molecular complexity index is 707. The zero-order valence-corrected chi connectivity index (χ0v) is 16.0. The van der Waals surface area contributed by atoms with Crippen molar-refractivity contribution in [3.63, 3.8) is 0 Å². The largest absolute Gasteiger partial charge is 0.395 e. The Hall–Kier alpha value is -2.46. The SMILES string of the molecule is CN(C)C[C@@H](CO)NC(c1ccccc1)(c1ccccc1)c1ccccc1. The lowest BCUT2D eigenvalue weighted by atomic mass is 9.76. The monoisotopic (exact) mass is 360 g/mol. The van der Waals surface area contributed by atoms with E-state index < -0.39 is 5.54 Å². The molecular formula is C24H28N2O. The molecule has 0 aromatic heterocycles. The maximum absolute atomic E-state index is 10.1.